The summed E-state index contributed by atoms with van der Waals surface area (Å²) >= 11 is 0. The molecule has 0 saturated carbocycles. The van der Waals surface area contributed by atoms with Crippen LogP contribution < -0.4 is 15.0 Å². The molecular formula is C11H12N2O3. The normalized spacial score (nSPS) is 14.1. The van der Waals surface area contributed by atoms with Crippen LogP contribution in [0, 0.1) is 0 Å². The van der Waals surface area contributed by atoms with Crippen LogP contribution in [0.2, 0.25) is 0 Å². The van der Waals surface area contributed by atoms with E-state index in [2.05, 4.69) is 5.32 Å². The smallest absolute Gasteiger partial charge is 0.271 e. The monoisotopic (exact) mass is 220 g/mol. The Labute approximate surface area is 93.0 Å². The van der Waals surface area contributed by atoms with E-state index in [-0.39, 0.29) is 18.4 Å². The number of anilines is 2. The second-order valence-corrected chi connectivity index (χ2v) is 3.47. The summed E-state index contributed by atoms with van der Waals surface area (Å²) in [7, 11) is 1.77. The van der Waals surface area contributed by atoms with Gasteiger partial charge in [0, 0.05) is 19.7 Å². The molecule has 0 saturated heterocycles. The Morgan fingerprint density at radius 3 is 2.88 bits per heavy atom. The molecule has 0 atom stereocenters. The van der Waals surface area contributed by atoms with E-state index in [4.69, 9.17) is 4.74 Å². The van der Waals surface area contributed by atoms with Crippen LogP contribution in [0.5, 0.6) is 5.75 Å². The van der Waals surface area contributed by atoms with Gasteiger partial charge in [-0.25, -0.2) is 4.90 Å². The molecular weight excluding hydrogens is 208 g/mol. The minimum absolute atomic E-state index is 0.0918. The fourth-order valence-corrected chi connectivity index (χ4v) is 1.65. The quantitative estimate of drug-likeness (QED) is 0.767. The average molecular weight is 220 g/mol. The maximum Gasteiger partial charge on any atom is 0.271 e. The largest absolute Gasteiger partial charge is 0.482 e. The van der Waals surface area contributed by atoms with E-state index in [1.165, 1.54) is 6.92 Å². The molecule has 16 heavy (non-hydrogen) atoms. The number of carbonyl (C=O) groups is 2. The maximum absolute atomic E-state index is 11.6. The van der Waals surface area contributed by atoms with Crippen molar-refractivity contribution in [2.75, 3.05) is 23.9 Å². The van der Waals surface area contributed by atoms with Gasteiger partial charge in [0.15, 0.2) is 6.61 Å². The number of carbonyl (C=O) groups excluding carboxylic acids is 2. The number of amides is 2. The predicted octanol–water partition coefficient (Wildman–Crippen LogP) is 1.00. The fraction of sp³-hybridized carbons (Fsp3) is 0.273. The van der Waals surface area contributed by atoms with Crippen molar-refractivity contribution in [3.63, 3.8) is 0 Å². The van der Waals surface area contributed by atoms with Crippen molar-refractivity contribution in [3.05, 3.63) is 18.2 Å². The Morgan fingerprint density at radius 1 is 1.50 bits per heavy atom. The highest BCUT2D eigenvalue weighted by molar-refractivity contribution is 6.16. The molecule has 0 spiro atoms. The fourth-order valence-electron chi connectivity index (χ4n) is 1.65. The Hall–Kier alpha value is -2.04. The van der Waals surface area contributed by atoms with Gasteiger partial charge >= 0.3 is 0 Å². The molecule has 0 radical (unpaired) electrons. The van der Waals surface area contributed by atoms with Crippen LogP contribution in [0.15, 0.2) is 18.2 Å². The van der Waals surface area contributed by atoms with Crippen LogP contribution >= 0.6 is 0 Å². The number of benzene rings is 1. The summed E-state index contributed by atoms with van der Waals surface area (Å²) in [5, 5.41) is 2.95. The van der Waals surface area contributed by atoms with E-state index < -0.39 is 0 Å². The highest BCUT2D eigenvalue weighted by atomic mass is 16.5. The van der Waals surface area contributed by atoms with Crippen molar-refractivity contribution in [2.45, 2.75) is 6.92 Å². The van der Waals surface area contributed by atoms with Gasteiger partial charge in [-0.15, -0.1) is 0 Å². The first kappa shape index (κ1) is 10.5. The van der Waals surface area contributed by atoms with Gasteiger partial charge in [-0.3, -0.25) is 9.59 Å². The summed E-state index contributed by atoms with van der Waals surface area (Å²) in [5.74, 6) is -0.0927. The van der Waals surface area contributed by atoms with Gasteiger partial charge in [-0.1, -0.05) is 0 Å². The van der Waals surface area contributed by atoms with Crippen LogP contribution in [-0.4, -0.2) is 25.5 Å². The summed E-state index contributed by atoms with van der Waals surface area (Å²) in [6, 6.07) is 5.28. The lowest BCUT2D eigenvalue weighted by Crippen LogP contribution is -2.41. The minimum atomic E-state index is -0.340. The van der Waals surface area contributed by atoms with Crippen LogP contribution in [-0.2, 0) is 9.59 Å². The second kappa shape index (κ2) is 3.84. The summed E-state index contributed by atoms with van der Waals surface area (Å²) in [5.41, 5.74) is 1.32. The van der Waals surface area contributed by atoms with Gasteiger partial charge in [0.05, 0.1) is 5.69 Å². The van der Waals surface area contributed by atoms with Gasteiger partial charge in [-0.2, -0.15) is 0 Å². The third kappa shape index (κ3) is 1.60. The van der Waals surface area contributed by atoms with Gasteiger partial charge in [0.25, 0.3) is 5.91 Å². The van der Waals surface area contributed by atoms with Crippen molar-refractivity contribution < 1.29 is 14.3 Å². The molecule has 1 N–H and O–H groups in total. The highest BCUT2D eigenvalue weighted by Crippen LogP contribution is 2.34. The van der Waals surface area contributed by atoms with Crippen molar-refractivity contribution >= 4 is 23.2 Å². The molecule has 1 aromatic carbocycles. The number of nitrogens with zero attached hydrogens (tertiary/aromatic N) is 1. The van der Waals surface area contributed by atoms with Crippen LogP contribution in [0.4, 0.5) is 11.4 Å². The molecule has 2 rings (SSSR count). The number of imide groups is 1. The summed E-state index contributed by atoms with van der Waals surface area (Å²) in [6.45, 7) is 1.27. The Bertz CT molecular complexity index is 457. The Balaban J connectivity index is 2.52. The summed E-state index contributed by atoms with van der Waals surface area (Å²) < 4.78 is 5.24. The van der Waals surface area contributed by atoms with Crippen LogP contribution in [0.3, 0.4) is 0 Å². The number of fused-ring (bicyclic) bond motifs is 1. The molecule has 1 aromatic rings. The zero-order valence-electron chi connectivity index (χ0n) is 9.11. The number of hydrogen-bond acceptors (Lipinski definition) is 4. The predicted molar refractivity (Wildman–Crippen MR) is 59.7 cm³/mol. The van der Waals surface area contributed by atoms with Crippen LogP contribution in [0.1, 0.15) is 6.92 Å². The first-order chi connectivity index (χ1) is 7.63. The van der Waals surface area contributed by atoms with E-state index in [9.17, 15) is 9.59 Å². The molecule has 0 fully saturated rings. The molecule has 0 aliphatic carbocycles. The van der Waals surface area contributed by atoms with E-state index in [1.54, 1.807) is 19.2 Å². The molecule has 5 nitrogen and oxygen atoms in total. The lowest BCUT2D eigenvalue weighted by Gasteiger charge is -2.27. The molecule has 1 heterocycles. The number of hydrogen-bond donors (Lipinski definition) is 1. The SMILES string of the molecule is CNc1ccc2c(c1)N(C(C)=O)C(=O)CO2. The van der Waals surface area contributed by atoms with E-state index >= 15 is 0 Å². The summed E-state index contributed by atoms with van der Waals surface area (Å²) in [6.07, 6.45) is 0. The topological polar surface area (TPSA) is 58.6 Å². The number of rotatable bonds is 1. The first-order valence-corrected chi connectivity index (χ1v) is 4.91. The number of ether oxygens (including phenoxy) is 1. The van der Waals surface area contributed by atoms with Crippen molar-refractivity contribution in [2.24, 2.45) is 0 Å². The molecule has 2 amide bonds. The van der Waals surface area contributed by atoms with Crippen LogP contribution in [0.25, 0.3) is 0 Å². The number of nitrogens with one attached hydrogen (secondary N) is 1. The third-order valence-electron chi connectivity index (χ3n) is 2.40. The van der Waals surface area contributed by atoms with E-state index in [1.807, 2.05) is 6.07 Å². The van der Waals surface area contributed by atoms with Gasteiger partial charge in [0.2, 0.25) is 5.91 Å². The maximum atomic E-state index is 11.6. The highest BCUT2D eigenvalue weighted by Gasteiger charge is 2.28. The lowest BCUT2D eigenvalue weighted by atomic mass is 10.2. The summed E-state index contributed by atoms with van der Waals surface area (Å²) in [4.78, 5) is 24.1. The van der Waals surface area contributed by atoms with Crippen molar-refractivity contribution in [1.82, 2.24) is 0 Å². The lowest BCUT2D eigenvalue weighted by molar-refractivity contribution is -0.127. The third-order valence-corrected chi connectivity index (χ3v) is 2.40. The van der Waals surface area contributed by atoms with E-state index in [0.717, 1.165) is 10.6 Å². The average Bonchev–Trinajstić information content (AvgIpc) is 2.27. The molecule has 84 valence electrons. The van der Waals surface area contributed by atoms with Gasteiger partial charge in [0.1, 0.15) is 5.75 Å². The van der Waals surface area contributed by atoms with E-state index in [0.29, 0.717) is 11.4 Å². The molecule has 1 aliphatic heterocycles. The minimum Gasteiger partial charge on any atom is -0.482 e. The van der Waals surface area contributed by atoms with Crippen molar-refractivity contribution in [1.29, 1.82) is 0 Å². The zero-order chi connectivity index (χ0) is 11.7. The van der Waals surface area contributed by atoms with Gasteiger partial charge < -0.3 is 10.1 Å². The zero-order valence-corrected chi connectivity index (χ0v) is 9.11. The second-order valence-electron chi connectivity index (χ2n) is 3.47. The standard InChI is InChI=1S/C11H12N2O3/c1-7(14)13-9-5-8(12-2)3-4-10(9)16-6-11(13)15/h3-5,12H,6H2,1-2H3. The molecule has 5 heteroatoms. The molecule has 1 aliphatic rings. The van der Waals surface area contributed by atoms with Crippen molar-refractivity contribution in [3.8, 4) is 5.75 Å². The van der Waals surface area contributed by atoms with Gasteiger partial charge in [-0.05, 0) is 18.2 Å². The molecule has 0 aromatic heterocycles. The Morgan fingerprint density at radius 2 is 2.25 bits per heavy atom. The first-order valence-electron chi connectivity index (χ1n) is 4.91. The Kier molecular flexibility index (Phi) is 2.52. The molecule has 0 bridgehead atoms. The molecule has 0 unspecified atom stereocenters.